The molecule has 0 saturated heterocycles. The van der Waals surface area contributed by atoms with Crippen LogP contribution in [0.4, 0.5) is 5.69 Å². The summed E-state index contributed by atoms with van der Waals surface area (Å²) in [6.07, 6.45) is 1.92. The van der Waals surface area contributed by atoms with Gasteiger partial charge >= 0.3 is 0 Å². The highest BCUT2D eigenvalue weighted by atomic mass is 79.9. The van der Waals surface area contributed by atoms with Crippen molar-refractivity contribution in [2.24, 2.45) is 0 Å². The number of rotatable bonds is 6. The Hall–Kier alpha value is -2.74. The molecule has 0 aliphatic carbocycles. The van der Waals surface area contributed by atoms with E-state index in [4.69, 9.17) is 0 Å². The first-order chi connectivity index (χ1) is 12.4. The summed E-state index contributed by atoms with van der Waals surface area (Å²) in [5.74, 6) is -0.0120. The smallest absolute Gasteiger partial charge is 0.271 e. The zero-order valence-corrected chi connectivity index (χ0v) is 15.7. The molecule has 0 aliphatic heterocycles. The van der Waals surface area contributed by atoms with E-state index in [1.165, 1.54) is 12.1 Å². The van der Waals surface area contributed by atoms with Crippen LogP contribution < -0.4 is 0 Å². The molecule has 0 N–H and O–H groups in total. The van der Waals surface area contributed by atoms with Crippen LogP contribution in [0.3, 0.4) is 0 Å². The lowest BCUT2D eigenvalue weighted by Gasteiger charge is -2.17. The third kappa shape index (κ3) is 4.08. The molecule has 0 spiro atoms. The molecule has 1 heterocycles. The number of benzene rings is 2. The highest BCUT2D eigenvalue weighted by Crippen LogP contribution is 2.21. The topological polar surface area (TPSA) is 81.3 Å². The maximum absolute atomic E-state index is 12.4. The molecule has 0 aliphatic rings. The van der Waals surface area contributed by atoms with Crippen LogP contribution in [0.15, 0.2) is 53.1 Å². The van der Waals surface area contributed by atoms with Crippen molar-refractivity contribution in [3.05, 3.63) is 68.8 Å². The van der Waals surface area contributed by atoms with Gasteiger partial charge in [0.15, 0.2) is 0 Å². The standard InChI is InChI=1S/C18H17BrN4O3/c1-21(12-13-2-5-15(19)6-3-13)18(24)8-9-22-17-10-16(23(25)26)7-4-14(17)11-20-22/h2-7,10-11H,8-9,12H2,1H3. The quantitative estimate of drug-likeness (QED) is 0.452. The van der Waals surface area contributed by atoms with Crippen LogP contribution in [0.1, 0.15) is 12.0 Å². The van der Waals surface area contributed by atoms with Gasteiger partial charge in [0.25, 0.3) is 5.69 Å². The van der Waals surface area contributed by atoms with Gasteiger partial charge in [-0.05, 0) is 23.8 Å². The number of hydrogen-bond acceptors (Lipinski definition) is 4. The molecule has 0 saturated carbocycles. The first kappa shape index (κ1) is 18.1. The van der Waals surface area contributed by atoms with E-state index in [-0.39, 0.29) is 18.0 Å². The molecule has 0 bridgehead atoms. The van der Waals surface area contributed by atoms with E-state index >= 15 is 0 Å². The second-order valence-electron chi connectivity index (χ2n) is 5.99. The van der Waals surface area contributed by atoms with Crippen LogP contribution >= 0.6 is 15.9 Å². The molecule has 26 heavy (non-hydrogen) atoms. The number of non-ortho nitro benzene ring substituents is 1. The molecule has 1 aromatic heterocycles. The fourth-order valence-corrected chi connectivity index (χ4v) is 2.96. The zero-order valence-electron chi connectivity index (χ0n) is 14.1. The third-order valence-corrected chi connectivity index (χ3v) is 4.66. The molecule has 0 fully saturated rings. The van der Waals surface area contributed by atoms with E-state index in [1.807, 2.05) is 24.3 Å². The molecule has 3 aromatic rings. The lowest BCUT2D eigenvalue weighted by molar-refractivity contribution is -0.384. The molecular formula is C18H17BrN4O3. The Morgan fingerprint density at radius 2 is 2.00 bits per heavy atom. The fourth-order valence-electron chi connectivity index (χ4n) is 2.69. The van der Waals surface area contributed by atoms with Gasteiger partial charge in [-0.2, -0.15) is 5.10 Å². The Morgan fingerprint density at radius 1 is 1.27 bits per heavy atom. The Kier molecular flexibility index (Phi) is 5.32. The van der Waals surface area contributed by atoms with Crippen molar-refractivity contribution < 1.29 is 9.72 Å². The summed E-state index contributed by atoms with van der Waals surface area (Å²) >= 11 is 3.39. The molecule has 8 heteroatoms. The zero-order chi connectivity index (χ0) is 18.7. The third-order valence-electron chi connectivity index (χ3n) is 4.14. The second-order valence-corrected chi connectivity index (χ2v) is 6.91. The first-order valence-electron chi connectivity index (χ1n) is 8.02. The minimum atomic E-state index is -0.437. The van der Waals surface area contributed by atoms with Gasteiger partial charge in [0.1, 0.15) is 0 Å². The second kappa shape index (κ2) is 7.65. The summed E-state index contributed by atoms with van der Waals surface area (Å²) in [6.45, 7) is 0.894. The van der Waals surface area contributed by atoms with E-state index in [9.17, 15) is 14.9 Å². The number of amides is 1. The van der Waals surface area contributed by atoms with E-state index < -0.39 is 4.92 Å². The van der Waals surface area contributed by atoms with E-state index in [2.05, 4.69) is 21.0 Å². The van der Waals surface area contributed by atoms with Gasteiger partial charge in [0, 0.05) is 42.0 Å². The van der Waals surface area contributed by atoms with Crippen molar-refractivity contribution in [2.75, 3.05) is 7.05 Å². The predicted molar refractivity (Wildman–Crippen MR) is 102 cm³/mol. The largest absolute Gasteiger partial charge is 0.341 e. The maximum atomic E-state index is 12.4. The molecule has 2 aromatic carbocycles. The van der Waals surface area contributed by atoms with Gasteiger partial charge in [0.05, 0.1) is 23.2 Å². The molecule has 0 radical (unpaired) electrons. The van der Waals surface area contributed by atoms with Crippen LogP contribution in [0, 0.1) is 10.1 Å². The number of hydrogen-bond donors (Lipinski definition) is 0. The molecule has 7 nitrogen and oxygen atoms in total. The summed E-state index contributed by atoms with van der Waals surface area (Å²) in [5, 5.41) is 16.0. The number of carbonyl (C=O) groups is 1. The average Bonchev–Trinajstić information content (AvgIpc) is 3.03. The minimum Gasteiger partial charge on any atom is -0.341 e. The van der Waals surface area contributed by atoms with Crippen molar-refractivity contribution in [3.63, 3.8) is 0 Å². The number of halogens is 1. The summed E-state index contributed by atoms with van der Waals surface area (Å²) < 4.78 is 2.63. The molecule has 0 atom stereocenters. The van der Waals surface area contributed by atoms with Gasteiger partial charge in [-0.1, -0.05) is 28.1 Å². The van der Waals surface area contributed by atoms with Gasteiger partial charge in [-0.15, -0.1) is 0 Å². The Balaban J connectivity index is 1.65. The van der Waals surface area contributed by atoms with Crippen LogP contribution in [0.25, 0.3) is 10.9 Å². The van der Waals surface area contributed by atoms with Crippen LogP contribution in [-0.4, -0.2) is 32.6 Å². The normalized spacial score (nSPS) is 10.8. The van der Waals surface area contributed by atoms with Crippen LogP contribution in [-0.2, 0) is 17.9 Å². The van der Waals surface area contributed by atoms with Gasteiger partial charge < -0.3 is 4.90 Å². The van der Waals surface area contributed by atoms with Crippen molar-refractivity contribution in [2.45, 2.75) is 19.5 Å². The summed E-state index contributed by atoms with van der Waals surface area (Å²) in [6, 6.07) is 12.4. The van der Waals surface area contributed by atoms with Crippen molar-refractivity contribution in [1.29, 1.82) is 0 Å². The number of nitro benzene ring substituents is 1. The Labute approximate surface area is 158 Å². The molecule has 134 valence electrons. The van der Waals surface area contributed by atoms with E-state index in [1.54, 1.807) is 28.9 Å². The summed E-state index contributed by atoms with van der Waals surface area (Å²) in [4.78, 5) is 24.6. The molecule has 3 rings (SSSR count). The molecule has 0 unspecified atom stereocenters. The Morgan fingerprint density at radius 3 is 2.69 bits per heavy atom. The summed E-state index contributed by atoms with van der Waals surface area (Å²) in [5.41, 5.74) is 1.71. The number of nitrogens with zero attached hydrogens (tertiary/aromatic N) is 4. The van der Waals surface area contributed by atoms with Crippen molar-refractivity contribution in [1.82, 2.24) is 14.7 Å². The maximum Gasteiger partial charge on any atom is 0.271 e. The number of aryl methyl sites for hydroxylation is 1. The first-order valence-corrected chi connectivity index (χ1v) is 8.82. The minimum absolute atomic E-state index is 0.0120. The lowest BCUT2D eigenvalue weighted by Crippen LogP contribution is -2.27. The molecule has 1 amide bonds. The average molecular weight is 417 g/mol. The number of nitro groups is 1. The summed E-state index contributed by atoms with van der Waals surface area (Å²) in [7, 11) is 1.76. The fraction of sp³-hybridized carbons (Fsp3) is 0.222. The van der Waals surface area contributed by atoms with Gasteiger partial charge in [-0.25, -0.2) is 0 Å². The predicted octanol–water partition coefficient (Wildman–Crippen LogP) is 3.76. The van der Waals surface area contributed by atoms with Crippen molar-refractivity contribution in [3.8, 4) is 0 Å². The van der Waals surface area contributed by atoms with E-state index in [0.717, 1.165) is 15.4 Å². The van der Waals surface area contributed by atoms with Gasteiger partial charge in [-0.3, -0.25) is 19.6 Å². The SMILES string of the molecule is CN(Cc1ccc(Br)cc1)C(=O)CCn1ncc2ccc([N+](=O)[O-])cc21. The van der Waals surface area contributed by atoms with Crippen LogP contribution in [0.5, 0.6) is 0 Å². The van der Waals surface area contributed by atoms with Gasteiger partial charge in [0.2, 0.25) is 5.91 Å². The Bertz CT molecular complexity index is 953. The highest BCUT2D eigenvalue weighted by Gasteiger charge is 2.13. The van der Waals surface area contributed by atoms with Crippen molar-refractivity contribution >= 4 is 38.4 Å². The number of aromatic nitrogens is 2. The highest BCUT2D eigenvalue weighted by molar-refractivity contribution is 9.10. The lowest BCUT2D eigenvalue weighted by atomic mass is 10.2. The molecular weight excluding hydrogens is 400 g/mol. The van der Waals surface area contributed by atoms with E-state index in [0.29, 0.717) is 18.6 Å². The number of carbonyl (C=O) groups excluding carboxylic acids is 1. The number of fused-ring (bicyclic) bond motifs is 1. The van der Waals surface area contributed by atoms with Crippen LogP contribution in [0.2, 0.25) is 0 Å². The monoisotopic (exact) mass is 416 g/mol.